The quantitative estimate of drug-likeness (QED) is 0.602. The third-order valence-corrected chi connectivity index (χ3v) is 5.17. The summed E-state index contributed by atoms with van der Waals surface area (Å²) >= 11 is -0.896. The molecule has 1 atom stereocenters. The molecule has 0 saturated heterocycles. The Morgan fingerprint density at radius 2 is 2.36 bits per heavy atom. The summed E-state index contributed by atoms with van der Waals surface area (Å²) in [4.78, 5) is 4.22. The zero-order valence-electron chi connectivity index (χ0n) is 7.98. The van der Waals surface area contributed by atoms with Crippen molar-refractivity contribution in [3.05, 3.63) is 23.0 Å². The van der Waals surface area contributed by atoms with Gasteiger partial charge in [0.2, 0.25) is 0 Å². The molecule has 2 radical (unpaired) electrons. The van der Waals surface area contributed by atoms with Gasteiger partial charge in [-0.05, 0) is 0 Å². The molecule has 0 amide bonds. The van der Waals surface area contributed by atoms with Crippen molar-refractivity contribution in [1.82, 2.24) is 4.98 Å². The number of fused-ring (bicyclic) bond motifs is 1. The minimum atomic E-state index is -0.896. The van der Waals surface area contributed by atoms with Gasteiger partial charge in [-0.25, -0.2) is 0 Å². The molecule has 1 unspecified atom stereocenters. The first-order valence-corrected chi connectivity index (χ1v) is 6.94. The second-order valence-electron chi connectivity index (χ2n) is 3.05. The molecule has 1 aliphatic rings. The van der Waals surface area contributed by atoms with Crippen molar-refractivity contribution in [3.63, 3.8) is 0 Å². The van der Waals surface area contributed by atoms with E-state index in [1.165, 1.54) is 10.7 Å². The van der Waals surface area contributed by atoms with Crippen molar-refractivity contribution in [1.29, 1.82) is 0 Å². The average Bonchev–Trinajstić information content (AvgIpc) is 2.67. The zero-order chi connectivity index (χ0) is 10.1. The molecule has 0 bridgehead atoms. The normalized spacial score (nSPS) is 15.6. The van der Waals surface area contributed by atoms with Crippen molar-refractivity contribution in [3.8, 4) is 0 Å². The summed E-state index contributed by atoms with van der Waals surface area (Å²) in [7, 11) is 1.48. The van der Waals surface area contributed by atoms with Crippen LogP contribution in [0.5, 0.6) is 0 Å². The maximum absolute atomic E-state index is 9.59. The van der Waals surface area contributed by atoms with Crippen LogP contribution >= 0.6 is 0 Å². The molecule has 0 aromatic carbocycles. The maximum atomic E-state index is 9.59. The van der Waals surface area contributed by atoms with Gasteiger partial charge in [-0.1, -0.05) is 0 Å². The second kappa shape index (κ2) is 3.96. The standard InChI is InChI=1S/C9H10N2O2.Sn/c1-6-7(4-10)3-8(5-11-6)9(12)13-2;/h4-5,9,12H,1-2H3;/q-1;+1. The molecule has 1 aromatic heterocycles. The van der Waals surface area contributed by atoms with E-state index in [4.69, 9.17) is 4.74 Å². The Hall–Kier alpha value is -0.461. The van der Waals surface area contributed by atoms with Crippen molar-refractivity contribution >= 4 is 31.2 Å². The first-order valence-electron chi connectivity index (χ1n) is 4.23. The molecule has 0 aliphatic carbocycles. The molecule has 4 nitrogen and oxygen atoms in total. The van der Waals surface area contributed by atoms with Crippen LogP contribution in [0.4, 0.5) is 0 Å². The number of rotatable bonds is 2. The molecule has 1 aromatic rings. The number of hydrogen-bond acceptors (Lipinski definition) is 4. The second-order valence-corrected chi connectivity index (χ2v) is 5.85. The van der Waals surface area contributed by atoms with Gasteiger partial charge in [0.15, 0.2) is 0 Å². The summed E-state index contributed by atoms with van der Waals surface area (Å²) in [6.45, 7) is 1.96. The molecule has 0 fully saturated rings. The summed E-state index contributed by atoms with van der Waals surface area (Å²) < 4.78 is 10.4. The van der Waals surface area contributed by atoms with E-state index in [0.29, 0.717) is 0 Å². The molecule has 2 heterocycles. The van der Waals surface area contributed by atoms with Crippen LogP contribution < -0.4 is 3.58 Å². The SMILES string of the molecule is COC(O)c1cnc(C)c2[c]1[Sn][N]=C2. The van der Waals surface area contributed by atoms with E-state index in [1.807, 2.05) is 13.1 Å². The van der Waals surface area contributed by atoms with Crippen LogP contribution in [0.2, 0.25) is 0 Å². The number of aliphatic hydroxyl groups excluding tert-OH is 1. The third kappa shape index (κ3) is 1.57. The fourth-order valence-electron chi connectivity index (χ4n) is 1.40. The molecule has 5 heteroatoms. The van der Waals surface area contributed by atoms with Gasteiger partial charge < -0.3 is 0 Å². The number of aryl methyl sites for hydroxylation is 1. The number of ether oxygens (including phenoxy) is 1. The number of nitrogens with zero attached hydrogens (tertiary/aromatic N) is 2. The fourth-order valence-corrected chi connectivity index (χ4v) is 4.27. The predicted molar refractivity (Wildman–Crippen MR) is 53.9 cm³/mol. The molecular formula is C9H10N2O2Sn. The van der Waals surface area contributed by atoms with Gasteiger partial charge in [0.1, 0.15) is 0 Å². The van der Waals surface area contributed by atoms with Crippen LogP contribution in [0, 0.1) is 6.92 Å². The van der Waals surface area contributed by atoms with E-state index in [1.54, 1.807) is 6.20 Å². The number of aliphatic hydroxyl groups is 1. The molecule has 0 spiro atoms. The van der Waals surface area contributed by atoms with Crippen LogP contribution in [-0.4, -0.2) is 44.8 Å². The Morgan fingerprint density at radius 3 is 3.07 bits per heavy atom. The summed E-state index contributed by atoms with van der Waals surface area (Å²) in [6.07, 6.45) is 2.70. The third-order valence-electron chi connectivity index (χ3n) is 2.20. The summed E-state index contributed by atoms with van der Waals surface area (Å²) in [5.74, 6) is 0. The number of methoxy groups -OCH3 is 1. The Kier molecular flexibility index (Phi) is 2.85. The van der Waals surface area contributed by atoms with Crippen molar-refractivity contribution < 1.29 is 9.84 Å². The van der Waals surface area contributed by atoms with Gasteiger partial charge in [-0.3, -0.25) is 0 Å². The van der Waals surface area contributed by atoms with E-state index >= 15 is 0 Å². The monoisotopic (exact) mass is 298 g/mol. The van der Waals surface area contributed by atoms with Crippen LogP contribution in [-0.2, 0) is 4.74 Å². The van der Waals surface area contributed by atoms with Crippen molar-refractivity contribution in [2.24, 2.45) is 3.21 Å². The Morgan fingerprint density at radius 1 is 1.57 bits per heavy atom. The van der Waals surface area contributed by atoms with Gasteiger partial charge >= 0.3 is 92.6 Å². The molecular weight excluding hydrogens is 287 g/mol. The Labute approximate surface area is 92.6 Å². The molecule has 1 N–H and O–H groups in total. The number of aromatic nitrogens is 1. The van der Waals surface area contributed by atoms with Gasteiger partial charge in [0, 0.05) is 0 Å². The molecule has 1 aliphatic heterocycles. The molecule has 2 rings (SSSR count). The summed E-state index contributed by atoms with van der Waals surface area (Å²) in [5, 5.41) is 9.59. The Bertz CT molecular complexity index is 393. The van der Waals surface area contributed by atoms with E-state index in [9.17, 15) is 5.11 Å². The van der Waals surface area contributed by atoms with Gasteiger partial charge in [-0.15, -0.1) is 0 Å². The van der Waals surface area contributed by atoms with E-state index in [0.717, 1.165) is 16.8 Å². The zero-order valence-corrected chi connectivity index (χ0v) is 10.8. The minimum absolute atomic E-state index is 0.789. The van der Waals surface area contributed by atoms with E-state index < -0.39 is 27.7 Å². The van der Waals surface area contributed by atoms with Gasteiger partial charge in [-0.2, -0.15) is 0 Å². The molecule has 0 saturated carbocycles. The first kappa shape index (κ1) is 10.1. The van der Waals surface area contributed by atoms with Crippen molar-refractivity contribution in [2.45, 2.75) is 13.2 Å². The van der Waals surface area contributed by atoms with Crippen LogP contribution in [0.15, 0.2) is 9.41 Å². The van der Waals surface area contributed by atoms with Crippen LogP contribution in [0.3, 0.4) is 0 Å². The molecule has 72 valence electrons. The van der Waals surface area contributed by atoms with Gasteiger partial charge in [0.05, 0.1) is 0 Å². The van der Waals surface area contributed by atoms with E-state index in [-0.39, 0.29) is 0 Å². The van der Waals surface area contributed by atoms with Crippen molar-refractivity contribution in [2.75, 3.05) is 7.11 Å². The number of hydrogen-bond donors (Lipinski definition) is 1. The summed E-state index contributed by atoms with van der Waals surface area (Å²) in [5.41, 5.74) is 2.86. The van der Waals surface area contributed by atoms with Gasteiger partial charge in [0.25, 0.3) is 0 Å². The van der Waals surface area contributed by atoms with Crippen LogP contribution in [0.1, 0.15) is 23.1 Å². The molecule has 14 heavy (non-hydrogen) atoms. The first-order chi connectivity index (χ1) is 6.74. The van der Waals surface area contributed by atoms with E-state index in [2.05, 4.69) is 8.20 Å². The van der Waals surface area contributed by atoms with Crippen LogP contribution in [0.25, 0.3) is 0 Å². The predicted octanol–water partition coefficient (Wildman–Crippen LogP) is -0.296. The summed E-state index contributed by atoms with van der Waals surface area (Å²) in [6, 6.07) is 0. The average molecular weight is 297 g/mol. The number of pyridine rings is 1. The Balaban J connectivity index is 2.51. The topological polar surface area (TPSA) is 54.7 Å². The fraction of sp³-hybridized carbons (Fsp3) is 0.333.